The number of nitriles is 1. The van der Waals surface area contributed by atoms with Gasteiger partial charge in [-0.2, -0.15) is 5.26 Å². The number of hydrogen-bond acceptors (Lipinski definition) is 5. The van der Waals surface area contributed by atoms with E-state index in [0.717, 1.165) is 18.8 Å². The highest BCUT2D eigenvalue weighted by Gasteiger charge is 2.19. The van der Waals surface area contributed by atoms with E-state index < -0.39 is 5.97 Å². The van der Waals surface area contributed by atoms with E-state index in [1.165, 1.54) is 18.9 Å². The highest BCUT2D eigenvalue weighted by molar-refractivity contribution is 7.71. The Morgan fingerprint density at radius 2 is 2.14 bits per heavy atom. The maximum absolute atomic E-state index is 12.0. The summed E-state index contributed by atoms with van der Waals surface area (Å²) in [7, 11) is 0. The van der Waals surface area contributed by atoms with Gasteiger partial charge in [0.05, 0.1) is 24.4 Å². The highest BCUT2D eigenvalue weighted by atomic mass is 32.1. The number of hydrogen-bond donors (Lipinski definition) is 0. The van der Waals surface area contributed by atoms with Gasteiger partial charge in [-0.3, -0.25) is 4.90 Å². The van der Waals surface area contributed by atoms with Crippen LogP contribution in [0.3, 0.4) is 0 Å². The minimum Gasteiger partial charge on any atom is -0.462 e. The van der Waals surface area contributed by atoms with Gasteiger partial charge < -0.3 is 9.30 Å². The van der Waals surface area contributed by atoms with Crippen LogP contribution in [-0.2, 0) is 11.4 Å². The first-order valence-electron chi connectivity index (χ1n) is 7.12. The lowest BCUT2D eigenvalue weighted by Gasteiger charge is -2.21. The van der Waals surface area contributed by atoms with Gasteiger partial charge in [-0.05, 0) is 45.8 Å². The summed E-state index contributed by atoms with van der Waals surface area (Å²) in [5, 5.41) is 9.24. The second-order valence-electron chi connectivity index (χ2n) is 5.09. The molecule has 0 aromatic carbocycles. The summed E-state index contributed by atoms with van der Waals surface area (Å²) >= 11 is 5.39. The molecule has 0 N–H and O–H groups in total. The molecule has 1 aliphatic heterocycles. The minimum absolute atomic E-state index is 0.307. The summed E-state index contributed by atoms with van der Waals surface area (Å²) in [6, 6.07) is 3.61. The second kappa shape index (κ2) is 6.83. The number of nitrogens with zero attached hydrogens (tertiary/aromatic N) is 3. The average Bonchev–Trinajstić information content (AvgIpc) is 2.97. The van der Waals surface area contributed by atoms with Crippen molar-refractivity contribution in [1.82, 2.24) is 9.47 Å². The summed E-state index contributed by atoms with van der Waals surface area (Å²) < 4.78 is 7.41. The van der Waals surface area contributed by atoms with Crippen molar-refractivity contribution in [1.29, 1.82) is 5.26 Å². The monoisotopic (exact) mass is 305 g/mol. The number of carbonyl (C=O) groups is 1. The quantitative estimate of drug-likeness (QED) is 0.632. The van der Waals surface area contributed by atoms with Gasteiger partial charge in [0.25, 0.3) is 0 Å². The lowest BCUT2D eigenvalue weighted by atomic mass is 10.1. The first-order chi connectivity index (χ1) is 10.1. The zero-order valence-electron chi connectivity index (χ0n) is 12.4. The average molecular weight is 305 g/mol. The van der Waals surface area contributed by atoms with E-state index in [1.807, 2.05) is 11.5 Å². The molecule has 0 aliphatic carbocycles. The van der Waals surface area contributed by atoms with E-state index in [2.05, 4.69) is 11.0 Å². The lowest BCUT2D eigenvalue weighted by molar-refractivity contribution is 0.0523. The summed E-state index contributed by atoms with van der Waals surface area (Å²) in [4.78, 5) is 14.3. The Labute approximate surface area is 129 Å². The Bertz CT molecular complexity index is 640. The smallest absolute Gasteiger partial charge is 0.339 e. The molecule has 0 spiro atoms. The van der Waals surface area contributed by atoms with Crippen LogP contribution in [0, 0.1) is 22.9 Å². The Morgan fingerprint density at radius 3 is 2.71 bits per heavy atom. The zero-order chi connectivity index (χ0) is 15.4. The molecule has 21 heavy (non-hydrogen) atoms. The van der Waals surface area contributed by atoms with Crippen molar-refractivity contribution in [3.8, 4) is 6.07 Å². The van der Waals surface area contributed by atoms with Crippen molar-refractivity contribution < 1.29 is 9.53 Å². The largest absolute Gasteiger partial charge is 0.462 e. The topological polar surface area (TPSA) is 58.3 Å². The fourth-order valence-corrected chi connectivity index (χ4v) is 2.84. The molecule has 0 radical (unpaired) electrons. The highest BCUT2D eigenvalue weighted by Crippen LogP contribution is 2.17. The summed E-state index contributed by atoms with van der Waals surface area (Å²) in [5.41, 5.74) is 1.52. The van der Waals surface area contributed by atoms with Crippen LogP contribution in [0.1, 0.15) is 41.4 Å². The number of likely N-dealkylation sites (tertiary alicyclic amines) is 1. The number of esters is 1. The van der Waals surface area contributed by atoms with Gasteiger partial charge in [0.1, 0.15) is 10.7 Å². The minimum atomic E-state index is -0.406. The molecular weight excluding hydrogens is 286 g/mol. The Balaban J connectivity index is 2.46. The Kier molecular flexibility index (Phi) is 5.10. The number of carbonyl (C=O) groups excluding carboxylic acids is 1. The third-order valence-electron chi connectivity index (χ3n) is 3.71. The van der Waals surface area contributed by atoms with E-state index in [-0.39, 0.29) is 0 Å². The third kappa shape index (κ3) is 3.31. The van der Waals surface area contributed by atoms with Crippen molar-refractivity contribution in [3.05, 3.63) is 27.5 Å². The molecule has 1 fully saturated rings. The van der Waals surface area contributed by atoms with Crippen LogP contribution in [0.15, 0.2) is 6.07 Å². The summed E-state index contributed by atoms with van der Waals surface area (Å²) in [6.07, 6.45) is 2.35. The SMILES string of the molecule is CCOC(=O)c1cc(C#N)c(=S)n(CN2CCCC2)c1C. The molecule has 5 nitrogen and oxygen atoms in total. The van der Waals surface area contributed by atoms with Crippen molar-refractivity contribution in [2.45, 2.75) is 33.4 Å². The Hall–Kier alpha value is -1.71. The lowest BCUT2D eigenvalue weighted by Crippen LogP contribution is -2.26. The molecule has 1 saturated heterocycles. The standard InChI is InChI=1S/C15H19N3O2S/c1-3-20-15(19)13-8-12(9-16)14(21)18(11(13)2)10-17-6-4-5-7-17/h8H,3-7,10H2,1-2H3. The normalized spacial score (nSPS) is 14.9. The van der Waals surface area contributed by atoms with Gasteiger partial charge in [-0.25, -0.2) is 4.79 Å². The fourth-order valence-electron chi connectivity index (χ4n) is 2.54. The molecule has 1 aromatic rings. The molecule has 0 bridgehead atoms. The number of pyridine rings is 1. The number of rotatable bonds is 4. The molecule has 0 unspecified atom stereocenters. The zero-order valence-corrected chi connectivity index (χ0v) is 13.2. The van der Waals surface area contributed by atoms with Crippen LogP contribution in [0.25, 0.3) is 0 Å². The van der Waals surface area contributed by atoms with E-state index >= 15 is 0 Å². The van der Waals surface area contributed by atoms with Gasteiger partial charge in [0, 0.05) is 5.69 Å². The molecule has 112 valence electrons. The molecule has 0 amide bonds. The maximum atomic E-state index is 12.0. The van der Waals surface area contributed by atoms with Gasteiger partial charge in [-0.1, -0.05) is 12.2 Å². The predicted molar refractivity (Wildman–Crippen MR) is 81.5 cm³/mol. The maximum Gasteiger partial charge on any atom is 0.339 e. The molecule has 6 heteroatoms. The number of ether oxygens (including phenoxy) is 1. The first-order valence-corrected chi connectivity index (χ1v) is 7.53. The molecule has 2 heterocycles. The third-order valence-corrected chi connectivity index (χ3v) is 4.16. The van der Waals surface area contributed by atoms with Gasteiger partial charge in [-0.15, -0.1) is 0 Å². The summed E-state index contributed by atoms with van der Waals surface area (Å²) in [6.45, 7) is 6.57. The molecule has 1 aromatic heterocycles. The van der Waals surface area contributed by atoms with Crippen LogP contribution in [0.4, 0.5) is 0 Å². The van der Waals surface area contributed by atoms with E-state index in [1.54, 1.807) is 6.92 Å². The van der Waals surface area contributed by atoms with Gasteiger partial charge in [0.2, 0.25) is 0 Å². The Morgan fingerprint density at radius 1 is 1.48 bits per heavy atom. The van der Waals surface area contributed by atoms with E-state index in [0.29, 0.717) is 29.0 Å². The fraction of sp³-hybridized carbons (Fsp3) is 0.533. The van der Waals surface area contributed by atoms with Crippen LogP contribution in [-0.4, -0.2) is 35.1 Å². The first kappa shape index (κ1) is 15.7. The summed E-state index contributed by atoms with van der Waals surface area (Å²) in [5.74, 6) is -0.406. The molecular formula is C15H19N3O2S. The predicted octanol–water partition coefficient (Wildman–Crippen LogP) is 2.63. The van der Waals surface area contributed by atoms with Crippen LogP contribution >= 0.6 is 12.2 Å². The van der Waals surface area contributed by atoms with E-state index in [4.69, 9.17) is 17.0 Å². The van der Waals surface area contributed by atoms with Crippen LogP contribution < -0.4 is 0 Å². The van der Waals surface area contributed by atoms with Crippen molar-refractivity contribution in [3.63, 3.8) is 0 Å². The second-order valence-corrected chi connectivity index (χ2v) is 5.48. The molecule has 0 atom stereocenters. The molecule has 0 saturated carbocycles. The van der Waals surface area contributed by atoms with Crippen molar-refractivity contribution in [2.24, 2.45) is 0 Å². The van der Waals surface area contributed by atoms with E-state index in [9.17, 15) is 10.1 Å². The molecule has 1 aliphatic rings. The van der Waals surface area contributed by atoms with Crippen LogP contribution in [0.2, 0.25) is 0 Å². The number of aromatic nitrogens is 1. The van der Waals surface area contributed by atoms with Crippen molar-refractivity contribution in [2.75, 3.05) is 19.7 Å². The van der Waals surface area contributed by atoms with Gasteiger partial charge >= 0.3 is 5.97 Å². The van der Waals surface area contributed by atoms with Crippen LogP contribution in [0.5, 0.6) is 0 Å². The molecule has 2 rings (SSSR count). The van der Waals surface area contributed by atoms with Crippen molar-refractivity contribution >= 4 is 18.2 Å². The van der Waals surface area contributed by atoms with Gasteiger partial charge in [0.15, 0.2) is 0 Å².